The Hall–Kier alpha value is -1.36. The molecule has 0 aliphatic rings. The Kier molecular flexibility index (Phi) is 4.98. The number of nitrogens with two attached hydrogens (primary N) is 1. The third-order valence-electron chi connectivity index (χ3n) is 2.36. The lowest BCUT2D eigenvalue weighted by molar-refractivity contribution is -0.121. The fourth-order valence-corrected chi connectivity index (χ4v) is 1.22. The van der Waals surface area contributed by atoms with Gasteiger partial charge in [-0.3, -0.25) is 4.79 Å². The minimum Gasteiger partial charge on any atom is -0.444 e. The van der Waals surface area contributed by atoms with E-state index in [1.165, 1.54) is 0 Å². The first-order valence-electron chi connectivity index (χ1n) is 5.61. The molecule has 0 spiro atoms. The fraction of sp³-hybridized carbons (Fsp3) is 0.636. The summed E-state index contributed by atoms with van der Waals surface area (Å²) < 4.78 is 5.36. The van der Waals surface area contributed by atoms with Gasteiger partial charge in [-0.25, -0.2) is 4.98 Å². The van der Waals surface area contributed by atoms with Gasteiger partial charge in [0.1, 0.15) is 5.76 Å². The van der Waals surface area contributed by atoms with Crippen LogP contribution < -0.4 is 11.1 Å². The molecule has 90 valence electrons. The van der Waals surface area contributed by atoms with Crippen LogP contribution in [-0.2, 0) is 17.8 Å². The predicted molar refractivity (Wildman–Crippen MR) is 60.6 cm³/mol. The van der Waals surface area contributed by atoms with Gasteiger partial charge in [-0.05, 0) is 6.42 Å². The Morgan fingerprint density at radius 1 is 1.62 bits per heavy atom. The normalized spacial score (nSPS) is 12.4. The molecule has 1 aromatic heterocycles. The zero-order valence-electron chi connectivity index (χ0n) is 9.82. The van der Waals surface area contributed by atoms with E-state index in [2.05, 4.69) is 10.3 Å². The van der Waals surface area contributed by atoms with Crippen molar-refractivity contribution < 1.29 is 9.21 Å². The molecule has 1 amide bonds. The summed E-state index contributed by atoms with van der Waals surface area (Å²) in [6, 6.07) is -0.0734. The zero-order chi connectivity index (χ0) is 12.0. The van der Waals surface area contributed by atoms with Gasteiger partial charge >= 0.3 is 0 Å². The highest BCUT2D eigenvalue weighted by Crippen LogP contribution is 2.03. The second kappa shape index (κ2) is 6.27. The van der Waals surface area contributed by atoms with Gasteiger partial charge in [-0.1, -0.05) is 13.8 Å². The number of carbonyl (C=O) groups excluding carboxylic acids is 1. The molecule has 0 aliphatic carbocycles. The monoisotopic (exact) mass is 225 g/mol. The van der Waals surface area contributed by atoms with Crippen molar-refractivity contribution in [2.75, 3.05) is 0 Å². The smallest absolute Gasteiger partial charge is 0.221 e. The molecule has 0 aliphatic heterocycles. The molecule has 1 rings (SSSR count). The van der Waals surface area contributed by atoms with Gasteiger partial charge in [0, 0.05) is 18.9 Å². The van der Waals surface area contributed by atoms with Crippen LogP contribution in [0.3, 0.4) is 0 Å². The van der Waals surface area contributed by atoms with Crippen molar-refractivity contribution in [2.45, 2.75) is 45.7 Å². The standard InChI is InChI=1S/C11H19N3O2/c1-3-8(12)5-10(15)13-7-11-14-6-9(4-2)16-11/h6,8H,3-5,7,12H2,1-2H3,(H,13,15). The van der Waals surface area contributed by atoms with Crippen LogP contribution in [-0.4, -0.2) is 16.9 Å². The topological polar surface area (TPSA) is 81.2 Å². The van der Waals surface area contributed by atoms with E-state index in [0.717, 1.165) is 18.6 Å². The molecule has 0 radical (unpaired) electrons. The van der Waals surface area contributed by atoms with Crippen molar-refractivity contribution in [3.8, 4) is 0 Å². The Bertz CT molecular complexity index is 336. The molecule has 1 heterocycles. The predicted octanol–water partition coefficient (Wildman–Crippen LogP) is 0.981. The van der Waals surface area contributed by atoms with Gasteiger partial charge in [0.2, 0.25) is 11.8 Å². The number of aromatic nitrogens is 1. The first kappa shape index (κ1) is 12.7. The summed E-state index contributed by atoms with van der Waals surface area (Å²) in [4.78, 5) is 15.4. The van der Waals surface area contributed by atoms with Crippen molar-refractivity contribution in [3.05, 3.63) is 17.8 Å². The maximum atomic E-state index is 11.4. The summed E-state index contributed by atoms with van der Waals surface area (Å²) in [7, 11) is 0. The summed E-state index contributed by atoms with van der Waals surface area (Å²) in [5.41, 5.74) is 5.67. The highest BCUT2D eigenvalue weighted by molar-refractivity contribution is 5.76. The minimum atomic E-state index is -0.0734. The molecular formula is C11H19N3O2. The van der Waals surface area contributed by atoms with Crippen LogP contribution in [0.5, 0.6) is 0 Å². The molecule has 0 saturated carbocycles. The molecule has 0 aromatic carbocycles. The molecule has 5 heteroatoms. The zero-order valence-corrected chi connectivity index (χ0v) is 9.82. The molecule has 3 N–H and O–H groups in total. The maximum Gasteiger partial charge on any atom is 0.221 e. The van der Waals surface area contributed by atoms with Gasteiger partial charge in [0.15, 0.2) is 0 Å². The largest absolute Gasteiger partial charge is 0.444 e. The average Bonchev–Trinajstić information content (AvgIpc) is 2.74. The summed E-state index contributed by atoms with van der Waals surface area (Å²) >= 11 is 0. The van der Waals surface area contributed by atoms with Gasteiger partial charge in [0.25, 0.3) is 0 Å². The van der Waals surface area contributed by atoms with E-state index in [0.29, 0.717) is 18.9 Å². The number of nitrogens with zero attached hydrogens (tertiary/aromatic N) is 1. The van der Waals surface area contributed by atoms with E-state index in [9.17, 15) is 4.79 Å². The number of oxazole rings is 1. The molecule has 16 heavy (non-hydrogen) atoms. The van der Waals surface area contributed by atoms with Crippen LogP contribution in [0, 0.1) is 0 Å². The van der Waals surface area contributed by atoms with E-state index in [-0.39, 0.29) is 11.9 Å². The fourth-order valence-electron chi connectivity index (χ4n) is 1.22. The second-order valence-corrected chi connectivity index (χ2v) is 3.72. The van der Waals surface area contributed by atoms with Crippen LogP contribution in [0.1, 0.15) is 38.3 Å². The Morgan fingerprint density at radius 3 is 2.94 bits per heavy atom. The third kappa shape index (κ3) is 4.02. The average molecular weight is 225 g/mol. The third-order valence-corrected chi connectivity index (χ3v) is 2.36. The van der Waals surface area contributed by atoms with Gasteiger partial charge < -0.3 is 15.5 Å². The Labute approximate surface area is 95.4 Å². The number of nitrogens with one attached hydrogen (secondary N) is 1. The summed E-state index contributed by atoms with van der Waals surface area (Å²) in [6.45, 7) is 4.28. The van der Waals surface area contributed by atoms with Gasteiger partial charge in [-0.2, -0.15) is 0 Å². The van der Waals surface area contributed by atoms with E-state index < -0.39 is 0 Å². The number of aryl methyl sites for hydroxylation is 1. The first-order valence-corrected chi connectivity index (χ1v) is 5.61. The first-order chi connectivity index (χ1) is 7.65. The summed E-state index contributed by atoms with van der Waals surface area (Å²) in [6.07, 6.45) is 3.63. The van der Waals surface area contributed by atoms with E-state index in [1.54, 1.807) is 6.20 Å². The van der Waals surface area contributed by atoms with Crippen LogP contribution in [0.25, 0.3) is 0 Å². The number of rotatable bonds is 6. The highest BCUT2D eigenvalue weighted by atomic mass is 16.4. The highest BCUT2D eigenvalue weighted by Gasteiger charge is 2.08. The van der Waals surface area contributed by atoms with Crippen molar-refractivity contribution in [1.82, 2.24) is 10.3 Å². The van der Waals surface area contributed by atoms with E-state index >= 15 is 0 Å². The minimum absolute atomic E-state index is 0.0643. The van der Waals surface area contributed by atoms with E-state index in [4.69, 9.17) is 10.2 Å². The van der Waals surface area contributed by atoms with Crippen LogP contribution in [0.4, 0.5) is 0 Å². The summed E-state index contributed by atoms with van der Waals surface area (Å²) in [5, 5.41) is 2.73. The number of hydrogen-bond acceptors (Lipinski definition) is 4. The molecule has 5 nitrogen and oxygen atoms in total. The lowest BCUT2D eigenvalue weighted by atomic mass is 10.1. The van der Waals surface area contributed by atoms with Crippen molar-refractivity contribution in [3.63, 3.8) is 0 Å². The molecule has 0 fully saturated rings. The molecule has 0 saturated heterocycles. The lowest BCUT2D eigenvalue weighted by Gasteiger charge is -2.07. The second-order valence-electron chi connectivity index (χ2n) is 3.72. The lowest BCUT2D eigenvalue weighted by Crippen LogP contribution is -2.30. The molecule has 1 atom stereocenters. The van der Waals surface area contributed by atoms with Crippen molar-refractivity contribution in [2.24, 2.45) is 5.73 Å². The molecule has 1 aromatic rings. The summed E-state index contributed by atoms with van der Waals surface area (Å²) in [5.74, 6) is 1.30. The number of amides is 1. The van der Waals surface area contributed by atoms with Gasteiger partial charge in [-0.15, -0.1) is 0 Å². The SMILES string of the molecule is CCc1cnc(CNC(=O)CC(N)CC)o1. The Balaban J connectivity index is 2.31. The number of carbonyl (C=O) groups is 1. The molecule has 1 unspecified atom stereocenters. The van der Waals surface area contributed by atoms with Crippen molar-refractivity contribution >= 4 is 5.91 Å². The maximum absolute atomic E-state index is 11.4. The van der Waals surface area contributed by atoms with Crippen LogP contribution >= 0.6 is 0 Å². The van der Waals surface area contributed by atoms with Crippen molar-refractivity contribution in [1.29, 1.82) is 0 Å². The van der Waals surface area contributed by atoms with Crippen LogP contribution in [0.15, 0.2) is 10.6 Å². The van der Waals surface area contributed by atoms with E-state index in [1.807, 2.05) is 13.8 Å². The van der Waals surface area contributed by atoms with Gasteiger partial charge in [0.05, 0.1) is 12.7 Å². The number of hydrogen-bond donors (Lipinski definition) is 2. The molecule has 0 bridgehead atoms. The van der Waals surface area contributed by atoms with Crippen LogP contribution in [0.2, 0.25) is 0 Å². The molecular weight excluding hydrogens is 206 g/mol. The quantitative estimate of drug-likeness (QED) is 0.756. The Morgan fingerprint density at radius 2 is 2.38 bits per heavy atom.